The Hall–Kier alpha value is -3.16. The number of nitrogens with two attached hydrogens (primary N) is 1. The zero-order valence-corrected chi connectivity index (χ0v) is 61.8. The van der Waals surface area contributed by atoms with Crippen LogP contribution in [0.2, 0.25) is 0 Å². The maximum Gasteiger partial charge on any atom is 0.392 e. The summed E-state index contributed by atoms with van der Waals surface area (Å²) in [6.07, 6.45) is 13.8. The summed E-state index contributed by atoms with van der Waals surface area (Å²) < 4.78 is 58.7. The van der Waals surface area contributed by atoms with Gasteiger partial charge in [0, 0.05) is 50.0 Å². The molecule has 9 N–H and O–H groups in total. The van der Waals surface area contributed by atoms with Gasteiger partial charge in [-0.3, -0.25) is 37.5 Å². The van der Waals surface area contributed by atoms with E-state index in [4.69, 9.17) is 38.5 Å². The second kappa shape index (κ2) is 30.1. The van der Waals surface area contributed by atoms with Crippen molar-refractivity contribution >= 4 is 69.7 Å². The summed E-state index contributed by atoms with van der Waals surface area (Å²) in [6, 6.07) is 1.11. The quantitative estimate of drug-likeness (QED) is 0.0162. The molecule has 548 valence electrons. The molecule has 3 aromatic rings. The summed E-state index contributed by atoms with van der Waals surface area (Å²) >= 11 is 2.64. The molecule has 0 radical (unpaired) electrons. The highest BCUT2D eigenvalue weighted by atomic mass is 127. The fourth-order valence-electron chi connectivity index (χ4n) is 22.4. The molecule has 2 aliphatic heterocycles. The van der Waals surface area contributed by atoms with Crippen molar-refractivity contribution in [3.63, 3.8) is 0 Å². The predicted molar refractivity (Wildman–Crippen MR) is 371 cm³/mol. The Morgan fingerprint density at radius 1 is 0.745 bits per heavy atom. The number of carbonyl (C=O) groups is 2. The van der Waals surface area contributed by atoms with Crippen LogP contribution in [0.3, 0.4) is 0 Å². The number of nitrogen functional groups attached to an aromatic ring is 1. The van der Waals surface area contributed by atoms with Gasteiger partial charge in [0.2, 0.25) is 0 Å². The Kier molecular flexibility index (Phi) is 22.9. The lowest BCUT2D eigenvalue weighted by Crippen LogP contribution is -2.58. The van der Waals surface area contributed by atoms with E-state index < -0.39 is 92.2 Å². The summed E-state index contributed by atoms with van der Waals surface area (Å²) in [5, 5.41) is 65.8. The molecule has 0 bridgehead atoms. The summed E-state index contributed by atoms with van der Waals surface area (Å²) in [7, 11) is 1.31. The topological polar surface area (TPSA) is 362 Å². The molecule has 8 saturated carbocycles. The number of aliphatic hydroxyl groups is 6. The summed E-state index contributed by atoms with van der Waals surface area (Å²) in [6.45, 7) is 8.41. The van der Waals surface area contributed by atoms with Gasteiger partial charge in [-0.1, -0.05) is 41.5 Å². The Labute approximate surface area is 591 Å². The molecular weight excluding hydrogens is 1420 g/mol. The van der Waals surface area contributed by atoms with Crippen LogP contribution in [0, 0.1) is 92.7 Å². The average molecular weight is 1520 g/mol. The van der Waals surface area contributed by atoms with Gasteiger partial charge in [0.1, 0.15) is 53.0 Å². The lowest BCUT2D eigenvalue weighted by atomic mass is 9.43. The van der Waals surface area contributed by atoms with Crippen LogP contribution in [0.5, 0.6) is 0 Å². The number of aliphatic hydroxyl groups excluding tert-OH is 6. The maximum absolute atomic E-state index is 14.9. The van der Waals surface area contributed by atoms with Crippen LogP contribution in [-0.4, -0.2) is 157 Å². The third kappa shape index (κ3) is 14.1. The van der Waals surface area contributed by atoms with E-state index in [0.29, 0.717) is 93.3 Å². The van der Waals surface area contributed by atoms with Crippen molar-refractivity contribution in [1.29, 1.82) is 0 Å². The van der Waals surface area contributed by atoms with E-state index >= 15 is 0 Å². The van der Waals surface area contributed by atoms with Gasteiger partial charge in [-0.2, -0.15) is 0 Å². The molecule has 3 aromatic heterocycles. The van der Waals surface area contributed by atoms with Crippen LogP contribution in [0.4, 0.5) is 5.82 Å². The molecule has 5 heterocycles. The number of hydrogen-bond donors (Lipinski definition) is 8. The van der Waals surface area contributed by atoms with Crippen molar-refractivity contribution < 1.29 is 77.5 Å². The van der Waals surface area contributed by atoms with E-state index in [0.717, 1.165) is 100 Å². The highest BCUT2D eigenvalue weighted by Gasteiger charge is 2.66. The Morgan fingerprint density at radius 2 is 1.33 bits per heavy atom. The van der Waals surface area contributed by atoms with E-state index in [1.165, 1.54) is 51.6 Å². The second-order valence-corrected chi connectivity index (χ2v) is 36.6. The summed E-state index contributed by atoms with van der Waals surface area (Å²) in [5.41, 5.74) is 5.38. The Balaban J connectivity index is 0.000000253. The largest absolute Gasteiger partial charge is 0.455 e. The molecule has 10 fully saturated rings. The molecule has 0 spiro atoms. The lowest BCUT2D eigenvalue weighted by molar-refractivity contribution is -0.175. The number of anilines is 1. The van der Waals surface area contributed by atoms with Gasteiger partial charge in [-0.15, -0.1) is 0 Å². The van der Waals surface area contributed by atoms with Gasteiger partial charge in [0.05, 0.1) is 50.1 Å². The normalized spacial score (nSPS) is 42.2. The molecule has 98 heavy (non-hydrogen) atoms. The van der Waals surface area contributed by atoms with Crippen LogP contribution in [0.25, 0.3) is 11.2 Å². The Morgan fingerprint density at radius 3 is 1.88 bits per heavy atom. The highest BCUT2D eigenvalue weighted by molar-refractivity contribution is 14.1. The number of esters is 2. The van der Waals surface area contributed by atoms with Gasteiger partial charge in [-0.05, 0) is 231 Å². The first-order chi connectivity index (χ1) is 46.7. The number of carbonyl (C=O) groups excluding carboxylic acids is 2. The molecule has 0 amide bonds. The van der Waals surface area contributed by atoms with Crippen molar-refractivity contribution in [2.75, 3.05) is 36.6 Å². The number of fused-ring (bicyclic) bond motifs is 11. The fraction of sp³-hybridized carbons (Fsp3) is 0.843. The summed E-state index contributed by atoms with van der Waals surface area (Å²) in [4.78, 5) is 64.6. The first-order valence-corrected chi connectivity index (χ1v) is 40.9. The highest BCUT2D eigenvalue weighted by Crippen LogP contribution is 2.71. The van der Waals surface area contributed by atoms with E-state index in [-0.39, 0.29) is 76.4 Å². The third-order valence-electron chi connectivity index (χ3n) is 27.7. The minimum Gasteiger partial charge on any atom is -0.455 e. The SMILES string of the molecule is CC(CCC(=O)OCI)C1CCC2C3CCC4CC(O)CCC4(C)C3CC(O)C12C.CO[C@@H]1C(OP(=O)(OC[C@H]2O[C@@H](n3cnc4c(N)ncnc43)CC2O)SCOC(=O)CCC(C)C2CCC3C4CCC5CC(O)CCC5(C)C4CC(O)C23C)[C@@H](CO)O[C@H]1n1ccc(=O)[nH]c1=O. The molecule has 13 rings (SSSR count). The molecule has 0 aromatic carbocycles. The number of nitrogens with one attached hydrogen (secondary N) is 1. The van der Waals surface area contributed by atoms with Gasteiger partial charge in [0.25, 0.3) is 5.56 Å². The molecule has 10 aliphatic rings. The van der Waals surface area contributed by atoms with Crippen LogP contribution in [0.1, 0.15) is 189 Å². The van der Waals surface area contributed by atoms with Crippen LogP contribution in [-0.2, 0) is 46.9 Å². The first-order valence-electron chi connectivity index (χ1n) is 36.2. The first kappa shape index (κ1) is 74.6. The molecule has 23 unspecified atom stereocenters. The molecular formula is C70H107IN7O18PS. The molecule has 8 aliphatic carbocycles. The zero-order valence-electron chi connectivity index (χ0n) is 57.9. The lowest BCUT2D eigenvalue weighted by Gasteiger charge is -2.62. The molecule has 28 atom stereocenters. The van der Waals surface area contributed by atoms with E-state index in [1.54, 1.807) is 4.57 Å². The van der Waals surface area contributed by atoms with Crippen molar-refractivity contribution in [2.45, 2.75) is 244 Å². The number of aromatic amines is 1. The number of ether oxygens (including phenoxy) is 5. The second-order valence-electron chi connectivity index (χ2n) is 32.0. The fourth-order valence-corrected chi connectivity index (χ4v) is 25.6. The van der Waals surface area contributed by atoms with Crippen LogP contribution in [0.15, 0.2) is 34.5 Å². The molecule has 28 heteroatoms. The zero-order chi connectivity index (χ0) is 70.0. The number of alkyl halides is 1. The van der Waals surface area contributed by atoms with E-state index in [2.05, 4.69) is 84.1 Å². The standard InChI is InChI=1S/C45H66N7O14PS.C25H41IO4/c1-23(27-8-9-28-26-7-6-24-15-25(54)11-13-44(24,2)29(26)16-33(56)45(27,28)3)5-10-36(58)62-22-68-67(60,66-38-31(18-53)65-42(39(38)61-4)51-14-12-34(57)50-43(51)59)63-19-32-30(55)17-35(64-32)52-21-49-37-40(46)47-20-48-41(37)52;1-15(4-9-23(29)30-14-26)19-7-8-20-18-6-5-16-12-17(27)10-11-24(16,2)21(18)13-22(28)25(19,20)3/h12,14,20-21,23-33,35,38-39,42,53-56H,5-11,13,15-19,22H2,1-4H3,(H2,46,47,48)(H,50,57,59);15-22,27-28H,4-14H2,1-3H3/t23?,24?,25?,26?,27?,28?,29?,30?,31-,32-,33?,35-,38?,39-,42-,44?,45?,67?;/m1./s1. The number of aromatic nitrogens is 6. The number of H-pyrrole nitrogens is 1. The predicted octanol–water partition coefficient (Wildman–Crippen LogP) is 8.99. The van der Waals surface area contributed by atoms with Gasteiger partial charge >= 0.3 is 24.4 Å². The van der Waals surface area contributed by atoms with Crippen LogP contribution >= 0.6 is 40.8 Å². The minimum atomic E-state index is -4.45. The van der Waals surface area contributed by atoms with Crippen molar-refractivity contribution in [1.82, 2.24) is 29.1 Å². The number of imidazole rings is 1. The van der Waals surface area contributed by atoms with Gasteiger partial charge < -0.3 is 60.1 Å². The van der Waals surface area contributed by atoms with E-state index in [1.807, 2.05) is 0 Å². The number of methoxy groups -OCH3 is 1. The maximum atomic E-state index is 14.9. The molecule has 25 nitrogen and oxygen atoms in total. The van der Waals surface area contributed by atoms with Crippen molar-refractivity contribution in [2.24, 2.45) is 92.7 Å². The third-order valence-corrected chi connectivity index (χ3v) is 31.3. The summed E-state index contributed by atoms with van der Waals surface area (Å²) in [5.74, 6) is 4.78. The van der Waals surface area contributed by atoms with Crippen molar-refractivity contribution in [3.8, 4) is 0 Å². The Bertz CT molecular complexity index is 3460. The van der Waals surface area contributed by atoms with Crippen LogP contribution < -0.4 is 17.0 Å². The van der Waals surface area contributed by atoms with Gasteiger partial charge in [0.15, 0.2) is 17.7 Å². The number of nitrogens with zero attached hydrogens (tertiary/aromatic N) is 5. The van der Waals surface area contributed by atoms with E-state index in [9.17, 15) is 54.4 Å². The van der Waals surface area contributed by atoms with Gasteiger partial charge in [-0.25, -0.2) is 24.3 Å². The average Bonchev–Trinajstić information content (AvgIpc) is 1.25. The smallest absolute Gasteiger partial charge is 0.392 e. The minimum absolute atomic E-state index is 0.0227. The monoisotopic (exact) mass is 1520 g/mol. The van der Waals surface area contributed by atoms with Crippen molar-refractivity contribution in [3.05, 3.63) is 45.8 Å². The number of hydrogen-bond acceptors (Lipinski definition) is 23. The number of halogens is 1. The molecule has 2 saturated heterocycles. The number of rotatable bonds is 21.